The molecule has 2 rings (SSSR count). The number of ether oxygens (including phenoxy) is 1. The quantitative estimate of drug-likeness (QED) is 0.595. The molecule has 1 aliphatic heterocycles. The summed E-state index contributed by atoms with van der Waals surface area (Å²) in [7, 11) is 0. The van der Waals surface area contributed by atoms with E-state index in [4.69, 9.17) is 4.74 Å². The lowest BCUT2D eigenvalue weighted by Crippen LogP contribution is -2.23. The summed E-state index contributed by atoms with van der Waals surface area (Å²) >= 11 is 0. The van der Waals surface area contributed by atoms with Crippen molar-refractivity contribution in [2.75, 3.05) is 5.01 Å². The molecule has 0 spiro atoms. The predicted octanol–water partition coefficient (Wildman–Crippen LogP) is 1.51. The third-order valence-electron chi connectivity index (χ3n) is 2.61. The topological polar surface area (TPSA) is 59.0 Å². The molecule has 1 aromatic rings. The fourth-order valence-electron chi connectivity index (χ4n) is 1.67. The first-order chi connectivity index (χ1) is 8.65. The van der Waals surface area contributed by atoms with E-state index in [1.165, 1.54) is 5.01 Å². The first-order valence-electron chi connectivity index (χ1n) is 5.41. The Morgan fingerprint density at radius 3 is 2.67 bits per heavy atom. The number of amides is 1. The van der Waals surface area contributed by atoms with E-state index < -0.39 is 6.10 Å². The molecular weight excluding hydrogens is 232 g/mol. The van der Waals surface area contributed by atoms with Crippen molar-refractivity contribution in [1.29, 1.82) is 0 Å². The molecule has 1 unspecified atom stereocenters. The van der Waals surface area contributed by atoms with Crippen LogP contribution in [0.3, 0.4) is 0 Å². The number of hydrazone groups is 1. The highest BCUT2D eigenvalue weighted by Gasteiger charge is 2.32. The van der Waals surface area contributed by atoms with E-state index in [1.807, 2.05) is 18.2 Å². The van der Waals surface area contributed by atoms with E-state index in [-0.39, 0.29) is 11.5 Å². The molecule has 5 heteroatoms. The number of rotatable bonds is 4. The van der Waals surface area contributed by atoms with Crippen molar-refractivity contribution in [2.45, 2.75) is 13.0 Å². The summed E-state index contributed by atoms with van der Waals surface area (Å²) < 4.78 is 4.78. The monoisotopic (exact) mass is 244 g/mol. The summed E-state index contributed by atoms with van der Waals surface area (Å²) in [6, 6.07) is 9.00. The van der Waals surface area contributed by atoms with E-state index in [9.17, 15) is 9.59 Å². The largest absolute Gasteiger partial charge is 0.458 e. The van der Waals surface area contributed by atoms with Gasteiger partial charge in [-0.2, -0.15) is 10.1 Å². The normalized spacial score (nSPS) is 16.5. The number of hydrogen-bond acceptors (Lipinski definition) is 4. The molecule has 0 saturated heterocycles. The van der Waals surface area contributed by atoms with Crippen molar-refractivity contribution in [3.8, 4) is 0 Å². The van der Waals surface area contributed by atoms with Gasteiger partial charge in [0.2, 0.25) is 0 Å². The van der Waals surface area contributed by atoms with Gasteiger partial charge in [-0.15, -0.1) is 0 Å². The Morgan fingerprint density at radius 1 is 1.39 bits per heavy atom. The second-order valence-corrected chi connectivity index (χ2v) is 3.79. The molecule has 5 nitrogen and oxygen atoms in total. The summed E-state index contributed by atoms with van der Waals surface area (Å²) in [6.07, 6.45) is -0.590. The summed E-state index contributed by atoms with van der Waals surface area (Å²) in [5.41, 5.74) is 1.26. The van der Waals surface area contributed by atoms with Crippen LogP contribution in [-0.2, 0) is 14.3 Å². The van der Waals surface area contributed by atoms with Crippen LogP contribution >= 0.6 is 0 Å². The van der Waals surface area contributed by atoms with Crippen molar-refractivity contribution in [1.82, 2.24) is 0 Å². The third-order valence-corrected chi connectivity index (χ3v) is 2.61. The van der Waals surface area contributed by atoms with Gasteiger partial charge in [0.1, 0.15) is 11.8 Å². The molecule has 0 saturated carbocycles. The molecule has 0 aromatic heterocycles. The zero-order valence-electron chi connectivity index (χ0n) is 9.87. The molecule has 92 valence electrons. The predicted molar refractivity (Wildman–Crippen MR) is 67.1 cm³/mol. The van der Waals surface area contributed by atoms with Crippen molar-refractivity contribution < 1.29 is 14.3 Å². The van der Waals surface area contributed by atoms with Gasteiger partial charge in [-0.25, -0.2) is 0 Å². The minimum atomic E-state index is -0.590. The highest BCUT2D eigenvalue weighted by atomic mass is 16.5. The second-order valence-electron chi connectivity index (χ2n) is 3.79. The Balaban J connectivity index is 2.32. The SMILES string of the molecule is C=C1C(=O)N(c2ccccc2)N=C1C(C)OC=O. The number of para-hydroxylation sites is 1. The maximum Gasteiger partial charge on any atom is 0.293 e. The zero-order chi connectivity index (χ0) is 13.1. The molecule has 1 aliphatic rings. The van der Waals surface area contributed by atoms with Gasteiger partial charge in [0, 0.05) is 0 Å². The standard InChI is InChI=1S/C13H12N2O3/c1-9-12(10(2)18-8-16)14-15(13(9)17)11-6-4-3-5-7-11/h3-8,10H,1H2,2H3. The molecule has 0 fully saturated rings. The number of carbonyl (C=O) groups excluding carboxylic acids is 2. The smallest absolute Gasteiger partial charge is 0.293 e. The molecule has 1 atom stereocenters. The van der Waals surface area contributed by atoms with Crippen LogP contribution in [0.15, 0.2) is 47.6 Å². The number of carbonyl (C=O) groups is 2. The molecule has 1 heterocycles. The molecular formula is C13H12N2O3. The fourth-order valence-corrected chi connectivity index (χ4v) is 1.67. The van der Waals surface area contributed by atoms with Crippen LogP contribution in [0.2, 0.25) is 0 Å². The average molecular weight is 244 g/mol. The second kappa shape index (κ2) is 4.83. The molecule has 1 aromatic carbocycles. The summed E-state index contributed by atoms with van der Waals surface area (Å²) in [6.45, 7) is 5.65. The summed E-state index contributed by atoms with van der Waals surface area (Å²) in [5, 5.41) is 5.41. The number of nitrogens with zero attached hydrogens (tertiary/aromatic N) is 2. The van der Waals surface area contributed by atoms with Crippen molar-refractivity contribution >= 4 is 23.8 Å². The van der Waals surface area contributed by atoms with Gasteiger partial charge < -0.3 is 4.74 Å². The highest BCUT2D eigenvalue weighted by Crippen LogP contribution is 2.23. The number of anilines is 1. The molecule has 1 amide bonds. The lowest BCUT2D eigenvalue weighted by molar-refractivity contribution is -0.130. The van der Waals surface area contributed by atoms with E-state index in [0.717, 1.165) is 0 Å². The van der Waals surface area contributed by atoms with Crippen molar-refractivity contribution in [3.05, 3.63) is 42.5 Å². The Labute approximate surface area is 104 Å². The van der Waals surface area contributed by atoms with Gasteiger partial charge in [0.25, 0.3) is 12.4 Å². The number of hydrogen-bond donors (Lipinski definition) is 0. The maximum atomic E-state index is 12.0. The van der Waals surface area contributed by atoms with E-state index >= 15 is 0 Å². The Hall–Kier alpha value is -2.43. The van der Waals surface area contributed by atoms with Crippen LogP contribution in [0.1, 0.15) is 6.92 Å². The lowest BCUT2D eigenvalue weighted by Gasteiger charge is -2.10. The molecule has 0 N–H and O–H groups in total. The minimum Gasteiger partial charge on any atom is -0.458 e. The Morgan fingerprint density at radius 2 is 2.06 bits per heavy atom. The number of benzene rings is 1. The first-order valence-corrected chi connectivity index (χ1v) is 5.41. The van der Waals surface area contributed by atoms with Crippen LogP contribution in [-0.4, -0.2) is 24.2 Å². The van der Waals surface area contributed by atoms with E-state index in [0.29, 0.717) is 17.9 Å². The van der Waals surface area contributed by atoms with Crippen LogP contribution in [0.25, 0.3) is 0 Å². The maximum absolute atomic E-state index is 12.0. The van der Waals surface area contributed by atoms with Crippen LogP contribution < -0.4 is 5.01 Å². The van der Waals surface area contributed by atoms with Gasteiger partial charge in [-0.05, 0) is 19.1 Å². The molecule has 0 bridgehead atoms. The van der Waals surface area contributed by atoms with Crippen LogP contribution in [0.5, 0.6) is 0 Å². The minimum absolute atomic E-state index is 0.244. The summed E-state index contributed by atoms with van der Waals surface area (Å²) in [4.78, 5) is 22.3. The van der Waals surface area contributed by atoms with Gasteiger partial charge >= 0.3 is 0 Å². The van der Waals surface area contributed by atoms with Gasteiger partial charge in [-0.1, -0.05) is 24.8 Å². The zero-order valence-corrected chi connectivity index (χ0v) is 9.87. The fraction of sp³-hybridized carbons (Fsp3) is 0.154. The van der Waals surface area contributed by atoms with Crippen molar-refractivity contribution in [2.24, 2.45) is 5.10 Å². The molecule has 0 aliphatic carbocycles. The van der Waals surface area contributed by atoms with E-state index in [2.05, 4.69) is 11.7 Å². The van der Waals surface area contributed by atoms with Gasteiger partial charge in [0.05, 0.1) is 11.3 Å². The van der Waals surface area contributed by atoms with Crippen LogP contribution in [0, 0.1) is 0 Å². The highest BCUT2D eigenvalue weighted by molar-refractivity contribution is 6.31. The van der Waals surface area contributed by atoms with E-state index in [1.54, 1.807) is 19.1 Å². The summed E-state index contributed by atoms with van der Waals surface area (Å²) in [5.74, 6) is -0.308. The molecule has 0 radical (unpaired) electrons. The van der Waals surface area contributed by atoms with Gasteiger partial charge in [0.15, 0.2) is 0 Å². The van der Waals surface area contributed by atoms with Gasteiger partial charge in [-0.3, -0.25) is 9.59 Å². The Kier molecular flexibility index (Phi) is 3.23. The Bertz CT molecular complexity index is 522. The average Bonchev–Trinajstić information content (AvgIpc) is 2.68. The third kappa shape index (κ3) is 2.02. The first kappa shape index (κ1) is 12.0. The van der Waals surface area contributed by atoms with Crippen molar-refractivity contribution in [3.63, 3.8) is 0 Å². The molecule has 18 heavy (non-hydrogen) atoms. The van der Waals surface area contributed by atoms with Crippen LogP contribution in [0.4, 0.5) is 5.69 Å². The lowest BCUT2D eigenvalue weighted by atomic mass is 10.1.